The van der Waals surface area contributed by atoms with Crippen molar-refractivity contribution in [3.05, 3.63) is 47.7 Å². The summed E-state index contributed by atoms with van der Waals surface area (Å²) in [5, 5.41) is 12.5. The fraction of sp³-hybridized carbons (Fsp3) is 0.435. The van der Waals surface area contributed by atoms with Crippen LogP contribution in [0.3, 0.4) is 0 Å². The first-order valence-corrected chi connectivity index (χ1v) is 11.7. The molecule has 168 valence electrons. The van der Waals surface area contributed by atoms with Crippen molar-refractivity contribution in [1.82, 2.24) is 33.8 Å². The van der Waals surface area contributed by atoms with E-state index in [-0.39, 0.29) is 5.41 Å². The maximum absolute atomic E-state index is 5.02. The molecule has 5 heterocycles. The van der Waals surface area contributed by atoms with E-state index >= 15 is 0 Å². The van der Waals surface area contributed by atoms with Crippen molar-refractivity contribution in [2.45, 2.75) is 33.2 Å². The maximum atomic E-state index is 5.02. The molecule has 8 nitrogen and oxygen atoms in total. The van der Waals surface area contributed by atoms with Crippen LogP contribution in [0.15, 0.2) is 42.0 Å². The van der Waals surface area contributed by atoms with Crippen molar-refractivity contribution < 1.29 is 0 Å². The van der Waals surface area contributed by atoms with Crippen LogP contribution in [0.2, 0.25) is 0 Å². The molecular weight excluding hydrogens is 420 g/mol. The van der Waals surface area contributed by atoms with E-state index in [1.165, 1.54) is 5.57 Å². The zero-order valence-electron chi connectivity index (χ0n) is 19.3. The van der Waals surface area contributed by atoms with Crippen LogP contribution in [-0.2, 0) is 7.05 Å². The Kier molecular flexibility index (Phi) is 5.35. The summed E-state index contributed by atoms with van der Waals surface area (Å²) in [5.41, 5.74) is 5.15. The van der Waals surface area contributed by atoms with Crippen molar-refractivity contribution in [1.29, 1.82) is 0 Å². The minimum absolute atomic E-state index is 0.148. The Hall–Kier alpha value is -2.62. The molecular formula is C23H30N8S. The fourth-order valence-corrected chi connectivity index (χ4v) is 5.43. The third kappa shape index (κ3) is 3.96. The number of hydrogen-bond donors (Lipinski definition) is 2. The fourth-order valence-electron chi connectivity index (χ4n) is 4.30. The minimum atomic E-state index is 0.148. The number of aromatic nitrogens is 5. The molecule has 32 heavy (non-hydrogen) atoms. The Morgan fingerprint density at radius 3 is 2.69 bits per heavy atom. The summed E-state index contributed by atoms with van der Waals surface area (Å²) in [6.07, 6.45) is 13.5. The number of fused-ring (bicyclic) bond motifs is 1. The molecule has 0 aromatic carbocycles. The summed E-state index contributed by atoms with van der Waals surface area (Å²) in [5.74, 6) is 0.769. The van der Waals surface area contributed by atoms with Gasteiger partial charge in [0.05, 0.1) is 28.8 Å². The van der Waals surface area contributed by atoms with Crippen molar-refractivity contribution in [2.24, 2.45) is 12.5 Å². The van der Waals surface area contributed by atoms with Crippen LogP contribution < -0.4 is 10.6 Å². The number of imidazole rings is 1. The molecule has 3 aromatic rings. The van der Waals surface area contributed by atoms with E-state index in [0.717, 1.165) is 53.0 Å². The van der Waals surface area contributed by atoms with Gasteiger partial charge in [0.25, 0.3) is 0 Å². The molecule has 0 amide bonds. The van der Waals surface area contributed by atoms with Crippen LogP contribution in [0.5, 0.6) is 0 Å². The van der Waals surface area contributed by atoms with E-state index < -0.39 is 0 Å². The molecule has 9 heteroatoms. The molecule has 3 aromatic heterocycles. The van der Waals surface area contributed by atoms with Gasteiger partial charge in [-0.2, -0.15) is 5.10 Å². The highest BCUT2D eigenvalue weighted by atomic mass is 32.2. The quantitative estimate of drug-likeness (QED) is 0.586. The Morgan fingerprint density at radius 2 is 2.03 bits per heavy atom. The first-order valence-electron chi connectivity index (χ1n) is 11.0. The topological polar surface area (TPSA) is 75.3 Å². The second kappa shape index (κ2) is 8.06. The van der Waals surface area contributed by atoms with Crippen molar-refractivity contribution in [2.75, 3.05) is 25.5 Å². The number of rotatable bonds is 4. The van der Waals surface area contributed by atoms with Crippen molar-refractivity contribution in [3.8, 4) is 11.3 Å². The summed E-state index contributed by atoms with van der Waals surface area (Å²) in [7, 11) is 4.07. The van der Waals surface area contributed by atoms with Crippen LogP contribution in [-0.4, -0.2) is 54.6 Å². The number of nitrogens with zero attached hydrogens (tertiary/aromatic N) is 6. The highest BCUT2D eigenvalue weighted by molar-refractivity contribution is 8.01. The Bertz CT molecular complexity index is 1210. The standard InChI is InChI=1S/C23H30N8S/c1-23(2,3)19-9-20(32-30(19)5)28-21-22-25-12-18(16-11-26-29(4)13-16)31(22)14-17(27-21)15-7-6-8-24-10-15/h7,9,11-14,19,24H,6,8,10H2,1-5H3,(H,27,28). The molecule has 2 aliphatic heterocycles. The van der Waals surface area contributed by atoms with Crippen molar-refractivity contribution >= 4 is 29.0 Å². The number of likely N-dealkylation sites (N-methyl/N-ethyl adjacent to an activating group) is 1. The van der Waals surface area contributed by atoms with Crippen LogP contribution in [0.1, 0.15) is 32.9 Å². The van der Waals surface area contributed by atoms with Gasteiger partial charge in [-0.3, -0.25) is 9.08 Å². The summed E-state index contributed by atoms with van der Waals surface area (Å²) >= 11 is 1.72. The minimum Gasteiger partial charge on any atom is -0.331 e. The molecule has 5 rings (SSSR count). The van der Waals surface area contributed by atoms with E-state index in [4.69, 9.17) is 9.97 Å². The number of anilines is 1. The molecule has 0 radical (unpaired) electrons. The van der Waals surface area contributed by atoms with Gasteiger partial charge in [-0.1, -0.05) is 26.8 Å². The van der Waals surface area contributed by atoms with E-state index in [2.05, 4.69) is 70.6 Å². The van der Waals surface area contributed by atoms with Crippen molar-refractivity contribution in [3.63, 3.8) is 0 Å². The highest BCUT2D eigenvalue weighted by Crippen LogP contribution is 2.39. The zero-order chi connectivity index (χ0) is 22.5. The predicted molar refractivity (Wildman–Crippen MR) is 131 cm³/mol. The summed E-state index contributed by atoms with van der Waals surface area (Å²) in [6.45, 7) is 8.63. The predicted octanol–water partition coefficient (Wildman–Crippen LogP) is 3.77. The molecule has 0 fully saturated rings. The monoisotopic (exact) mass is 450 g/mol. The normalized spacial score (nSPS) is 20.0. The lowest BCUT2D eigenvalue weighted by Crippen LogP contribution is -2.33. The average Bonchev–Trinajstić information content (AvgIpc) is 3.46. The summed E-state index contributed by atoms with van der Waals surface area (Å²) < 4.78 is 6.23. The largest absolute Gasteiger partial charge is 0.331 e. The average molecular weight is 451 g/mol. The van der Waals surface area contributed by atoms with Crippen LogP contribution in [0.4, 0.5) is 5.82 Å². The van der Waals surface area contributed by atoms with E-state index in [1.54, 1.807) is 11.9 Å². The third-order valence-corrected chi connectivity index (χ3v) is 6.87. The molecule has 0 saturated carbocycles. The Morgan fingerprint density at radius 1 is 1.19 bits per heavy atom. The van der Waals surface area contributed by atoms with Gasteiger partial charge in [-0.25, -0.2) is 14.3 Å². The molecule has 2 N–H and O–H groups in total. The molecule has 0 spiro atoms. The Labute approximate surface area is 192 Å². The highest BCUT2D eigenvalue weighted by Gasteiger charge is 2.33. The van der Waals surface area contributed by atoms with Crippen LogP contribution in [0, 0.1) is 5.41 Å². The lowest BCUT2D eigenvalue weighted by atomic mass is 9.87. The van der Waals surface area contributed by atoms with Gasteiger partial charge in [-0.05, 0) is 49.0 Å². The summed E-state index contributed by atoms with van der Waals surface area (Å²) in [6, 6.07) is 0.338. The van der Waals surface area contributed by atoms with E-state index in [0.29, 0.717) is 6.04 Å². The lowest BCUT2D eigenvalue weighted by Gasteiger charge is -2.30. The molecule has 0 saturated heterocycles. The SMILES string of the molecule is CN1SC(Nc2nc(C3=CCCNC3)cn3c(-c4cnn(C)c4)cnc23)=CC1C(C)(C)C. The van der Waals surface area contributed by atoms with Crippen LogP contribution in [0.25, 0.3) is 22.5 Å². The number of aryl methyl sites for hydroxylation is 1. The van der Waals surface area contributed by atoms with Gasteiger partial charge >= 0.3 is 0 Å². The zero-order valence-corrected chi connectivity index (χ0v) is 20.1. The van der Waals surface area contributed by atoms with Crippen LogP contribution >= 0.6 is 11.9 Å². The van der Waals surface area contributed by atoms with E-state index in [9.17, 15) is 0 Å². The Balaban J connectivity index is 1.60. The molecule has 0 bridgehead atoms. The smallest absolute Gasteiger partial charge is 0.180 e. The second-order valence-corrected chi connectivity index (χ2v) is 10.7. The number of nitrogens with one attached hydrogen (secondary N) is 2. The second-order valence-electron chi connectivity index (χ2n) is 9.51. The molecule has 1 unspecified atom stereocenters. The van der Waals surface area contributed by atoms with Gasteiger partial charge in [0.2, 0.25) is 0 Å². The van der Waals surface area contributed by atoms with Gasteiger partial charge in [-0.15, -0.1) is 0 Å². The van der Waals surface area contributed by atoms with Gasteiger partial charge in [0.1, 0.15) is 0 Å². The molecule has 2 aliphatic rings. The molecule has 1 atom stereocenters. The first kappa shape index (κ1) is 21.2. The first-order chi connectivity index (χ1) is 15.3. The van der Waals surface area contributed by atoms with Gasteiger partial charge in [0.15, 0.2) is 11.5 Å². The molecule has 0 aliphatic carbocycles. The van der Waals surface area contributed by atoms with Gasteiger partial charge in [0, 0.05) is 37.6 Å². The van der Waals surface area contributed by atoms with Gasteiger partial charge < -0.3 is 10.6 Å². The number of hydrogen-bond acceptors (Lipinski definition) is 7. The van der Waals surface area contributed by atoms with E-state index in [1.807, 2.05) is 30.3 Å². The maximum Gasteiger partial charge on any atom is 0.180 e. The summed E-state index contributed by atoms with van der Waals surface area (Å²) in [4.78, 5) is 9.75. The lowest BCUT2D eigenvalue weighted by molar-refractivity contribution is 0.262. The third-order valence-electron chi connectivity index (χ3n) is 5.92.